The van der Waals surface area contributed by atoms with Crippen LogP contribution >= 0.6 is 0 Å². The van der Waals surface area contributed by atoms with Gasteiger partial charge >= 0.3 is 0 Å². The number of fused-ring (bicyclic) bond motifs is 5. The Morgan fingerprint density at radius 3 is 2.83 bits per heavy atom. The Hall–Kier alpha value is -1.07. The molecule has 7 atom stereocenters. The van der Waals surface area contributed by atoms with Crippen molar-refractivity contribution in [2.75, 3.05) is 0 Å². The number of carbonyl (C=O) groups excluding carboxylic acids is 1. The van der Waals surface area contributed by atoms with Gasteiger partial charge in [-0.2, -0.15) is 0 Å². The van der Waals surface area contributed by atoms with Gasteiger partial charge in [0.1, 0.15) is 5.60 Å². The van der Waals surface area contributed by atoms with Crippen LogP contribution in [0.25, 0.3) is 0 Å². The lowest BCUT2D eigenvalue weighted by Gasteiger charge is -2.58. The Morgan fingerprint density at radius 1 is 1.33 bits per heavy atom. The van der Waals surface area contributed by atoms with E-state index in [1.54, 1.807) is 0 Å². The lowest BCUT2D eigenvalue weighted by Crippen LogP contribution is -2.55. The second kappa shape index (κ2) is 5.46. The number of ketones is 1. The quantitative estimate of drug-likeness (QED) is 0.736. The highest BCUT2D eigenvalue weighted by atomic mass is 16.3. The van der Waals surface area contributed by atoms with Crippen molar-refractivity contribution in [3.63, 3.8) is 0 Å². The van der Waals surface area contributed by atoms with Crippen molar-refractivity contribution >= 4 is 5.78 Å². The Bertz CT molecular complexity index is 626. The molecule has 130 valence electrons. The van der Waals surface area contributed by atoms with E-state index in [4.69, 9.17) is 6.42 Å². The van der Waals surface area contributed by atoms with Gasteiger partial charge in [-0.3, -0.25) is 4.79 Å². The molecule has 2 heteroatoms. The highest BCUT2D eigenvalue weighted by molar-refractivity contribution is 5.91. The first kappa shape index (κ1) is 16.4. The maximum atomic E-state index is 11.9. The first-order valence-electron chi connectivity index (χ1n) is 9.87. The molecule has 2 nitrogen and oxygen atoms in total. The number of hydrogen-bond acceptors (Lipinski definition) is 2. The van der Waals surface area contributed by atoms with E-state index in [9.17, 15) is 9.90 Å². The van der Waals surface area contributed by atoms with Crippen LogP contribution in [0.3, 0.4) is 0 Å². The van der Waals surface area contributed by atoms with Crippen molar-refractivity contribution in [2.45, 2.75) is 70.8 Å². The van der Waals surface area contributed by atoms with Crippen LogP contribution in [0.5, 0.6) is 0 Å². The number of terminal acetylenes is 1. The van der Waals surface area contributed by atoms with Crippen LogP contribution in [-0.2, 0) is 4.79 Å². The number of aliphatic hydroxyl groups is 1. The van der Waals surface area contributed by atoms with Crippen molar-refractivity contribution in [1.82, 2.24) is 0 Å². The van der Waals surface area contributed by atoms with Crippen molar-refractivity contribution in [3.05, 3.63) is 11.6 Å². The van der Waals surface area contributed by atoms with E-state index < -0.39 is 5.60 Å². The van der Waals surface area contributed by atoms with Crippen molar-refractivity contribution in [1.29, 1.82) is 0 Å². The molecule has 0 aromatic heterocycles. The predicted octanol–water partition coefficient (Wildman–Crippen LogP) is 4.13. The minimum absolute atomic E-state index is 0.130. The molecule has 4 aliphatic carbocycles. The number of allylic oxidation sites excluding steroid dienone is 1. The predicted molar refractivity (Wildman–Crippen MR) is 95.0 cm³/mol. The number of rotatable bonds is 1. The minimum Gasteiger partial charge on any atom is -0.377 e. The summed E-state index contributed by atoms with van der Waals surface area (Å²) in [6, 6.07) is 0. The Balaban J connectivity index is 1.73. The molecular weight excluding hydrogens is 296 g/mol. The highest BCUT2D eigenvalue weighted by Gasteiger charge is 2.63. The van der Waals surface area contributed by atoms with E-state index in [2.05, 4.69) is 19.8 Å². The molecule has 0 spiro atoms. The molecule has 0 bridgehead atoms. The van der Waals surface area contributed by atoms with Crippen molar-refractivity contribution in [2.24, 2.45) is 35.0 Å². The fraction of sp³-hybridized carbons (Fsp3) is 0.773. The summed E-state index contributed by atoms with van der Waals surface area (Å²) in [5.41, 5.74) is 0.379. The van der Waals surface area contributed by atoms with Crippen LogP contribution in [0.2, 0.25) is 0 Å². The average Bonchev–Trinajstić information content (AvgIpc) is 2.85. The van der Waals surface area contributed by atoms with E-state index in [0.29, 0.717) is 35.4 Å². The van der Waals surface area contributed by atoms with E-state index in [1.165, 1.54) is 12.0 Å². The standard InChI is InChI=1S/C22H30O2/c1-4-14-13-21(3)19(10-11-22(21,24)5-2)18-8-6-15-12-16(23)7-9-17(15)20(14)18/h2,12,14,17-20,24H,4,6-11,13H2,1,3H3/t14?,17-,18-,19-,20+,21-,22+/m0/s1. The van der Waals surface area contributed by atoms with Gasteiger partial charge in [-0.15, -0.1) is 6.42 Å². The Kier molecular flexibility index (Phi) is 3.73. The van der Waals surface area contributed by atoms with Crippen LogP contribution in [0.4, 0.5) is 0 Å². The molecule has 3 saturated carbocycles. The van der Waals surface area contributed by atoms with Gasteiger partial charge in [0.2, 0.25) is 0 Å². The summed E-state index contributed by atoms with van der Waals surface area (Å²) in [6.07, 6.45) is 15.8. The monoisotopic (exact) mass is 326 g/mol. The zero-order valence-electron chi connectivity index (χ0n) is 15.1. The van der Waals surface area contributed by atoms with Gasteiger partial charge in [0, 0.05) is 11.8 Å². The van der Waals surface area contributed by atoms with Gasteiger partial charge in [0.05, 0.1) is 0 Å². The molecule has 0 aliphatic heterocycles. The van der Waals surface area contributed by atoms with E-state index in [1.807, 2.05) is 6.08 Å². The smallest absolute Gasteiger partial charge is 0.155 e. The highest BCUT2D eigenvalue weighted by Crippen LogP contribution is 2.66. The third-order valence-corrected chi connectivity index (χ3v) is 8.34. The van der Waals surface area contributed by atoms with Crippen LogP contribution in [-0.4, -0.2) is 16.5 Å². The largest absolute Gasteiger partial charge is 0.377 e. The van der Waals surface area contributed by atoms with Gasteiger partial charge in [-0.05, 0) is 74.2 Å². The maximum Gasteiger partial charge on any atom is 0.155 e. The molecule has 0 radical (unpaired) electrons. The van der Waals surface area contributed by atoms with Crippen molar-refractivity contribution in [3.8, 4) is 12.3 Å². The van der Waals surface area contributed by atoms with Crippen LogP contribution < -0.4 is 0 Å². The molecular formula is C22H30O2. The molecule has 0 aromatic rings. The normalized spacial score (nSPS) is 50.3. The molecule has 1 N–H and O–H groups in total. The van der Waals surface area contributed by atoms with Gasteiger partial charge in [0.15, 0.2) is 5.78 Å². The fourth-order valence-corrected chi connectivity index (χ4v) is 7.15. The SMILES string of the molecule is C#C[C@@]1(O)CC[C@H]2[C@@H]3CCC4=CC(=O)CC[C@@H]4[C@H]3C(CC)C[C@@]21C. The first-order valence-corrected chi connectivity index (χ1v) is 9.87. The van der Waals surface area contributed by atoms with Crippen LogP contribution in [0.15, 0.2) is 11.6 Å². The van der Waals surface area contributed by atoms with E-state index in [0.717, 1.165) is 44.9 Å². The second-order valence-corrected chi connectivity index (χ2v) is 9.05. The number of hydrogen-bond donors (Lipinski definition) is 1. The zero-order valence-corrected chi connectivity index (χ0v) is 15.1. The molecule has 4 rings (SSSR count). The summed E-state index contributed by atoms with van der Waals surface area (Å²) in [5, 5.41) is 11.1. The topological polar surface area (TPSA) is 37.3 Å². The van der Waals surface area contributed by atoms with E-state index in [-0.39, 0.29) is 5.41 Å². The van der Waals surface area contributed by atoms with Gasteiger partial charge in [-0.25, -0.2) is 0 Å². The summed E-state index contributed by atoms with van der Waals surface area (Å²) in [4.78, 5) is 11.9. The van der Waals surface area contributed by atoms with Gasteiger partial charge in [0.25, 0.3) is 0 Å². The Morgan fingerprint density at radius 2 is 2.12 bits per heavy atom. The van der Waals surface area contributed by atoms with Crippen LogP contribution in [0, 0.1) is 47.3 Å². The zero-order chi connectivity index (χ0) is 17.1. The molecule has 0 aromatic carbocycles. The van der Waals surface area contributed by atoms with Gasteiger partial charge in [-0.1, -0.05) is 31.8 Å². The van der Waals surface area contributed by atoms with E-state index >= 15 is 0 Å². The lowest BCUT2D eigenvalue weighted by molar-refractivity contribution is -0.120. The molecule has 1 unspecified atom stereocenters. The molecule has 4 aliphatic rings. The fourth-order valence-electron chi connectivity index (χ4n) is 7.15. The molecule has 0 amide bonds. The third kappa shape index (κ3) is 2.03. The third-order valence-electron chi connectivity index (χ3n) is 8.34. The lowest BCUT2D eigenvalue weighted by atomic mass is 9.47. The summed E-state index contributed by atoms with van der Waals surface area (Å²) in [5.74, 6) is 6.25. The number of carbonyl (C=O) groups is 1. The molecule has 0 heterocycles. The van der Waals surface area contributed by atoms with Crippen LogP contribution in [0.1, 0.15) is 65.2 Å². The second-order valence-electron chi connectivity index (χ2n) is 9.05. The summed E-state index contributed by atoms with van der Waals surface area (Å²) < 4.78 is 0. The summed E-state index contributed by atoms with van der Waals surface area (Å²) in [7, 11) is 0. The summed E-state index contributed by atoms with van der Waals surface area (Å²) in [6.45, 7) is 4.56. The Labute approximate surface area is 146 Å². The van der Waals surface area contributed by atoms with Crippen molar-refractivity contribution < 1.29 is 9.90 Å². The average molecular weight is 326 g/mol. The first-order chi connectivity index (χ1) is 11.4. The maximum absolute atomic E-state index is 11.9. The summed E-state index contributed by atoms with van der Waals surface area (Å²) >= 11 is 0. The van der Waals surface area contributed by atoms with Gasteiger partial charge < -0.3 is 5.11 Å². The minimum atomic E-state index is -0.922. The molecule has 3 fully saturated rings. The molecule has 0 saturated heterocycles. The molecule has 24 heavy (non-hydrogen) atoms.